The lowest BCUT2D eigenvalue weighted by atomic mass is 10.2. The third kappa shape index (κ3) is 5.81. The second-order valence-corrected chi connectivity index (χ2v) is 4.00. The fraction of sp³-hybridized carbons (Fsp3) is 0.417. The zero-order valence-corrected chi connectivity index (χ0v) is 10.6. The average Bonchev–Trinajstić information content (AvgIpc) is 2.32. The van der Waals surface area contributed by atoms with E-state index in [4.69, 9.17) is 21.6 Å². The average molecular weight is 294 g/mol. The van der Waals surface area contributed by atoms with E-state index in [-0.39, 0.29) is 30.2 Å². The molecule has 19 heavy (non-hydrogen) atoms. The van der Waals surface area contributed by atoms with Crippen LogP contribution in [0.15, 0.2) is 18.2 Å². The summed E-state index contributed by atoms with van der Waals surface area (Å²) < 4.78 is 45.0. The zero-order chi connectivity index (χ0) is 14.3. The van der Waals surface area contributed by atoms with Crippen LogP contribution in [0.2, 0.25) is 5.02 Å². The first-order chi connectivity index (χ1) is 8.94. The molecule has 104 valence electrons. The maximum Gasteiger partial charge on any atom is 0.411 e. The van der Waals surface area contributed by atoms with Gasteiger partial charge in [-0.05, 0) is 12.1 Å². The van der Waals surface area contributed by atoms with Crippen molar-refractivity contribution in [3.63, 3.8) is 0 Å². The number of alkyl halides is 3. The molecule has 0 saturated carbocycles. The summed E-state index contributed by atoms with van der Waals surface area (Å²) in [6.07, 6.45) is -4.03. The van der Waals surface area contributed by atoms with Crippen LogP contribution in [-0.2, 0) is 4.74 Å². The molecule has 0 aliphatic heterocycles. The quantitative estimate of drug-likeness (QED) is 0.753. The predicted molar refractivity (Wildman–Crippen MR) is 63.2 cm³/mol. The summed E-state index contributed by atoms with van der Waals surface area (Å²) in [6, 6.07) is 6.65. The van der Waals surface area contributed by atoms with Crippen LogP contribution in [0.4, 0.5) is 13.2 Å². The molecule has 0 aliphatic carbocycles. The van der Waals surface area contributed by atoms with Crippen molar-refractivity contribution in [3.8, 4) is 11.8 Å². The lowest BCUT2D eigenvalue weighted by Gasteiger charge is -2.10. The summed E-state index contributed by atoms with van der Waals surface area (Å²) in [6.45, 7) is -1.19. The predicted octanol–water partition coefficient (Wildman–Crippen LogP) is 3.56. The van der Waals surface area contributed by atoms with Crippen molar-refractivity contribution in [1.29, 1.82) is 5.26 Å². The van der Waals surface area contributed by atoms with Gasteiger partial charge >= 0.3 is 6.18 Å². The molecule has 7 heteroatoms. The zero-order valence-electron chi connectivity index (χ0n) is 9.84. The molecule has 1 aromatic carbocycles. The molecule has 0 heterocycles. The van der Waals surface area contributed by atoms with Gasteiger partial charge in [0, 0.05) is 6.42 Å². The van der Waals surface area contributed by atoms with Crippen LogP contribution in [0, 0.1) is 11.3 Å². The minimum absolute atomic E-state index is 0.0675. The van der Waals surface area contributed by atoms with E-state index >= 15 is 0 Å². The first-order valence-electron chi connectivity index (χ1n) is 5.40. The van der Waals surface area contributed by atoms with Gasteiger partial charge in [-0.1, -0.05) is 17.7 Å². The Morgan fingerprint density at radius 3 is 2.63 bits per heavy atom. The van der Waals surface area contributed by atoms with Crippen LogP contribution in [0.1, 0.15) is 12.0 Å². The molecule has 0 amide bonds. The highest BCUT2D eigenvalue weighted by molar-refractivity contribution is 6.31. The Hall–Kier alpha value is -1.45. The number of benzene rings is 1. The number of hydrogen-bond donors (Lipinski definition) is 0. The highest BCUT2D eigenvalue weighted by Gasteiger charge is 2.27. The third-order valence-corrected chi connectivity index (χ3v) is 2.36. The molecule has 0 unspecified atom stereocenters. The highest BCUT2D eigenvalue weighted by atomic mass is 35.5. The van der Waals surface area contributed by atoms with Crippen molar-refractivity contribution >= 4 is 11.6 Å². The van der Waals surface area contributed by atoms with Crippen molar-refractivity contribution < 1.29 is 22.6 Å². The van der Waals surface area contributed by atoms with Gasteiger partial charge in [-0.2, -0.15) is 18.4 Å². The van der Waals surface area contributed by atoms with Gasteiger partial charge in [0.2, 0.25) is 0 Å². The van der Waals surface area contributed by atoms with E-state index in [1.165, 1.54) is 0 Å². The molecule has 3 nitrogen and oxygen atoms in total. The molecule has 0 spiro atoms. The van der Waals surface area contributed by atoms with Crippen LogP contribution in [0.5, 0.6) is 5.75 Å². The van der Waals surface area contributed by atoms with Gasteiger partial charge in [0.15, 0.2) is 0 Å². The summed E-state index contributed by atoms with van der Waals surface area (Å²) in [4.78, 5) is 0. The molecule has 0 fully saturated rings. The van der Waals surface area contributed by atoms with Gasteiger partial charge in [0.1, 0.15) is 24.0 Å². The fourth-order valence-corrected chi connectivity index (χ4v) is 1.47. The molecule has 0 aliphatic rings. The number of nitrogens with zero attached hydrogens (tertiary/aromatic N) is 1. The SMILES string of the molecule is N#Cc1c(Cl)cccc1OCCCOCC(F)(F)F. The Kier molecular flexibility index (Phi) is 5.93. The number of hydrogen-bond acceptors (Lipinski definition) is 3. The Balaban J connectivity index is 2.31. The van der Waals surface area contributed by atoms with Crippen LogP contribution in [-0.4, -0.2) is 26.0 Å². The van der Waals surface area contributed by atoms with E-state index < -0.39 is 12.8 Å². The molecular formula is C12H11ClF3NO2. The van der Waals surface area contributed by atoms with Gasteiger partial charge < -0.3 is 9.47 Å². The third-order valence-electron chi connectivity index (χ3n) is 2.04. The second-order valence-electron chi connectivity index (χ2n) is 3.59. The summed E-state index contributed by atoms with van der Waals surface area (Å²) in [5.74, 6) is 0.311. The van der Waals surface area contributed by atoms with Gasteiger partial charge in [0.05, 0.1) is 18.2 Å². The molecule has 0 bridgehead atoms. The molecule has 1 rings (SSSR count). The smallest absolute Gasteiger partial charge is 0.411 e. The first kappa shape index (κ1) is 15.6. The molecule has 0 saturated heterocycles. The highest BCUT2D eigenvalue weighted by Crippen LogP contribution is 2.25. The summed E-state index contributed by atoms with van der Waals surface area (Å²) in [5.41, 5.74) is 0.209. The fourth-order valence-electron chi connectivity index (χ4n) is 1.26. The van der Waals surface area contributed by atoms with Crippen LogP contribution in [0.25, 0.3) is 0 Å². The Morgan fingerprint density at radius 1 is 1.26 bits per heavy atom. The Morgan fingerprint density at radius 2 is 2.00 bits per heavy atom. The standard InChI is InChI=1S/C12H11ClF3NO2/c13-10-3-1-4-11(9(10)7-17)19-6-2-5-18-8-12(14,15)16/h1,3-4H,2,5-6,8H2. The van der Waals surface area contributed by atoms with Crippen molar-refractivity contribution in [2.24, 2.45) is 0 Å². The molecular weight excluding hydrogens is 283 g/mol. The van der Waals surface area contributed by atoms with Crippen molar-refractivity contribution in [3.05, 3.63) is 28.8 Å². The first-order valence-corrected chi connectivity index (χ1v) is 5.78. The summed E-state index contributed by atoms with van der Waals surface area (Å²) in [7, 11) is 0. The molecule has 0 atom stereocenters. The van der Waals surface area contributed by atoms with E-state index in [0.717, 1.165) is 0 Å². The molecule has 0 aromatic heterocycles. The Bertz CT molecular complexity index is 457. The lowest BCUT2D eigenvalue weighted by molar-refractivity contribution is -0.174. The minimum atomic E-state index is -4.32. The van der Waals surface area contributed by atoms with Crippen molar-refractivity contribution in [2.45, 2.75) is 12.6 Å². The maximum atomic E-state index is 11.8. The number of ether oxygens (including phenoxy) is 2. The van der Waals surface area contributed by atoms with Gasteiger partial charge in [-0.25, -0.2) is 0 Å². The lowest BCUT2D eigenvalue weighted by Crippen LogP contribution is -2.18. The van der Waals surface area contributed by atoms with Gasteiger partial charge in [-0.15, -0.1) is 0 Å². The molecule has 0 N–H and O–H groups in total. The largest absolute Gasteiger partial charge is 0.492 e. The second kappa shape index (κ2) is 7.22. The van der Waals surface area contributed by atoms with Crippen LogP contribution < -0.4 is 4.74 Å². The minimum Gasteiger partial charge on any atom is -0.492 e. The topological polar surface area (TPSA) is 42.2 Å². The van der Waals surface area contributed by atoms with Crippen LogP contribution in [0.3, 0.4) is 0 Å². The van der Waals surface area contributed by atoms with Gasteiger partial charge in [0.25, 0.3) is 0 Å². The van der Waals surface area contributed by atoms with E-state index in [1.807, 2.05) is 6.07 Å². The number of nitriles is 1. The van der Waals surface area contributed by atoms with E-state index in [0.29, 0.717) is 5.75 Å². The number of rotatable bonds is 6. The summed E-state index contributed by atoms with van der Waals surface area (Å²) in [5, 5.41) is 9.14. The van der Waals surface area contributed by atoms with Crippen LogP contribution >= 0.6 is 11.6 Å². The molecule has 1 aromatic rings. The normalized spacial score (nSPS) is 11.1. The number of halogens is 4. The molecule has 0 radical (unpaired) electrons. The van der Waals surface area contributed by atoms with E-state index in [1.54, 1.807) is 18.2 Å². The van der Waals surface area contributed by atoms with E-state index in [9.17, 15) is 13.2 Å². The van der Waals surface area contributed by atoms with Gasteiger partial charge in [-0.3, -0.25) is 0 Å². The Labute approximate surface area is 113 Å². The maximum absolute atomic E-state index is 11.8. The monoisotopic (exact) mass is 293 g/mol. The van der Waals surface area contributed by atoms with Crippen molar-refractivity contribution in [1.82, 2.24) is 0 Å². The summed E-state index contributed by atoms with van der Waals surface area (Å²) >= 11 is 5.79. The van der Waals surface area contributed by atoms with Crippen molar-refractivity contribution in [2.75, 3.05) is 19.8 Å². The van der Waals surface area contributed by atoms with E-state index in [2.05, 4.69) is 4.74 Å².